The lowest BCUT2D eigenvalue weighted by Gasteiger charge is -2.14. The van der Waals surface area contributed by atoms with Crippen molar-refractivity contribution in [1.29, 1.82) is 0 Å². The molecule has 0 heterocycles. The zero-order valence-corrected chi connectivity index (χ0v) is 14.4. The van der Waals surface area contributed by atoms with Crippen molar-refractivity contribution in [3.05, 3.63) is 59.4 Å². The summed E-state index contributed by atoms with van der Waals surface area (Å²) in [6, 6.07) is 11.9. The molecule has 1 atom stereocenters. The van der Waals surface area contributed by atoms with Gasteiger partial charge in [-0.3, -0.25) is 9.59 Å². The first kappa shape index (κ1) is 18.4. The molecule has 0 saturated heterocycles. The molecule has 0 unspecified atom stereocenters. The number of hydrogen-bond donors (Lipinski definition) is 2. The van der Waals surface area contributed by atoms with Crippen molar-refractivity contribution in [3.8, 4) is 5.75 Å². The molecule has 0 aromatic heterocycles. The average molecular weight is 344 g/mol. The Morgan fingerprint density at radius 1 is 1.16 bits per heavy atom. The highest BCUT2D eigenvalue weighted by Gasteiger charge is 2.16. The molecule has 132 valence electrons. The lowest BCUT2D eigenvalue weighted by molar-refractivity contribution is -0.136. The summed E-state index contributed by atoms with van der Waals surface area (Å²) in [5, 5.41) is 4.95. The van der Waals surface area contributed by atoms with Crippen molar-refractivity contribution in [3.63, 3.8) is 0 Å². The molecule has 0 saturated carbocycles. The Morgan fingerprint density at radius 2 is 1.92 bits per heavy atom. The van der Waals surface area contributed by atoms with Crippen LogP contribution >= 0.6 is 0 Å². The lowest BCUT2D eigenvalue weighted by Crippen LogP contribution is -2.37. The van der Waals surface area contributed by atoms with Crippen LogP contribution in [0.25, 0.3) is 0 Å². The summed E-state index contributed by atoms with van der Waals surface area (Å²) in [7, 11) is 1.35. The van der Waals surface area contributed by atoms with Crippen LogP contribution in [-0.2, 0) is 9.59 Å². The number of carbonyl (C=O) groups is 2. The number of halogens is 1. The predicted molar refractivity (Wildman–Crippen MR) is 94.2 cm³/mol. The van der Waals surface area contributed by atoms with Crippen molar-refractivity contribution < 1.29 is 18.7 Å². The number of benzene rings is 2. The van der Waals surface area contributed by atoms with E-state index in [1.807, 2.05) is 38.1 Å². The molecular weight excluding hydrogens is 323 g/mol. The zero-order chi connectivity index (χ0) is 18.4. The Bertz CT molecular complexity index is 777. The minimum absolute atomic E-state index is 0.0643. The molecule has 2 N–H and O–H groups in total. The Balaban J connectivity index is 1.90. The maximum Gasteiger partial charge on any atom is 0.313 e. The number of aryl methyl sites for hydroxylation is 1. The Morgan fingerprint density at radius 3 is 2.56 bits per heavy atom. The van der Waals surface area contributed by atoms with E-state index < -0.39 is 17.6 Å². The van der Waals surface area contributed by atoms with Crippen molar-refractivity contribution in [2.45, 2.75) is 19.8 Å². The summed E-state index contributed by atoms with van der Waals surface area (Å²) in [6.45, 7) is 4.29. The third kappa shape index (κ3) is 5.04. The molecule has 0 aliphatic heterocycles. The van der Waals surface area contributed by atoms with Crippen molar-refractivity contribution in [2.24, 2.45) is 0 Å². The number of hydrogen-bond acceptors (Lipinski definition) is 3. The largest absolute Gasteiger partial charge is 0.494 e. The minimum Gasteiger partial charge on any atom is -0.494 e. The Hall–Kier alpha value is -2.89. The SMILES string of the molecule is COc1ccc(NC(=O)C(=O)NC[C@@H](C)c2cccc(C)c2)cc1F. The molecule has 0 fully saturated rings. The summed E-state index contributed by atoms with van der Waals surface area (Å²) in [5.74, 6) is -2.10. The monoisotopic (exact) mass is 344 g/mol. The molecule has 5 nitrogen and oxygen atoms in total. The van der Waals surface area contributed by atoms with E-state index >= 15 is 0 Å². The van der Waals surface area contributed by atoms with Gasteiger partial charge in [-0.1, -0.05) is 36.8 Å². The number of methoxy groups -OCH3 is 1. The maximum absolute atomic E-state index is 13.6. The number of rotatable bonds is 5. The highest BCUT2D eigenvalue weighted by atomic mass is 19.1. The molecular formula is C19H21FN2O3. The van der Waals surface area contributed by atoms with E-state index in [9.17, 15) is 14.0 Å². The van der Waals surface area contributed by atoms with Crippen LogP contribution in [0.2, 0.25) is 0 Å². The summed E-state index contributed by atoms with van der Waals surface area (Å²) in [6.07, 6.45) is 0. The molecule has 0 spiro atoms. The number of carbonyl (C=O) groups excluding carboxylic acids is 2. The van der Waals surface area contributed by atoms with E-state index in [0.29, 0.717) is 6.54 Å². The molecule has 0 bridgehead atoms. The summed E-state index contributed by atoms with van der Waals surface area (Å²) in [4.78, 5) is 23.8. The molecule has 0 aliphatic carbocycles. The van der Waals surface area contributed by atoms with Gasteiger partial charge in [-0.2, -0.15) is 0 Å². The standard InChI is InChI=1S/C19H21FN2O3/c1-12-5-4-6-14(9-12)13(2)11-21-18(23)19(24)22-15-7-8-17(25-3)16(20)10-15/h4-10,13H,11H2,1-3H3,(H,21,23)(H,22,24)/t13-/m1/s1. The average Bonchev–Trinajstić information content (AvgIpc) is 2.59. The van der Waals surface area contributed by atoms with E-state index in [4.69, 9.17) is 4.74 Å². The van der Waals surface area contributed by atoms with Gasteiger partial charge in [-0.05, 0) is 30.5 Å². The second-order valence-corrected chi connectivity index (χ2v) is 5.83. The lowest BCUT2D eigenvalue weighted by atomic mass is 9.99. The molecule has 25 heavy (non-hydrogen) atoms. The van der Waals surface area contributed by atoms with Gasteiger partial charge in [-0.25, -0.2) is 4.39 Å². The van der Waals surface area contributed by atoms with Gasteiger partial charge in [-0.15, -0.1) is 0 Å². The molecule has 0 aliphatic rings. The van der Waals surface area contributed by atoms with Gasteiger partial charge in [0.15, 0.2) is 11.6 Å². The van der Waals surface area contributed by atoms with Gasteiger partial charge >= 0.3 is 11.8 Å². The third-order valence-electron chi connectivity index (χ3n) is 3.80. The number of anilines is 1. The first-order chi connectivity index (χ1) is 11.9. The molecule has 2 rings (SSSR count). The van der Waals surface area contributed by atoms with Crippen LogP contribution in [0.5, 0.6) is 5.75 Å². The normalized spacial score (nSPS) is 11.5. The van der Waals surface area contributed by atoms with Crippen LogP contribution in [0.1, 0.15) is 24.0 Å². The number of ether oxygens (including phenoxy) is 1. The first-order valence-electron chi connectivity index (χ1n) is 7.90. The van der Waals surface area contributed by atoms with Gasteiger partial charge in [0.05, 0.1) is 7.11 Å². The molecule has 0 radical (unpaired) electrons. The van der Waals surface area contributed by atoms with Gasteiger partial charge in [0.25, 0.3) is 0 Å². The number of amides is 2. The van der Waals surface area contributed by atoms with E-state index in [1.165, 1.54) is 19.2 Å². The van der Waals surface area contributed by atoms with Gasteiger partial charge in [0.2, 0.25) is 0 Å². The first-order valence-corrected chi connectivity index (χ1v) is 7.90. The minimum atomic E-state index is -0.846. The van der Waals surface area contributed by atoms with Gasteiger partial charge in [0.1, 0.15) is 0 Å². The molecule has 6 heteroatoms. The van der Waals surface area contributed by atoms with Crippen molar-refractivity contribution >= 4 is 17.5 Å². The summed E-state index contributed by atoms with van der Waals surface area (Å²) >= 11 is 0. The van der Waals surface area contributed by atoms with E-state index in [-0.39, 0.29) is 17.4 Å². The molecule has 2 amide bonds. The van der Waals surface area contributed by atoms with Crippen LogP contribution in [0.3, 0.4) is 0 Å². The molecule has 2 aromatic rings. The summed E-state index contributed by atoms with van der Waals surface area (Å²) in [5.41, 5.74) is 2.40. The fraction of sp³-hybridized carbons (Fsp3) is 0.263. The second kappa shape index (κ2) is 8.28. The van der Waals surface area contributed by atoms with Crippen LogP contribution in [0.15, 0.2) is 42.5 Å². The van der Waals surface area contributed by atoms with Gasteiger partial charge in [0, 0.05) is 18.3 Å². The van der Waals surface area contributed by atoms with E-state index in [2.05, 4.69) is 10.6 Å². The highest BCUT2D eigenvalue weighted by Crippen LogP contribution is 2.20. The van der Waals surface area contributed by atoms with Crippen molar-refractivity contribution in [2.75, 3.05) is 19.0 Å². The Kier molecular flexibility index (Phi) is 6.11. The third-order valence-corrected chi connectivity index (χ3v) is 3.80. The van der Waals surface area contributed by atoms with Crippen molar-refractivity contribution in [1.82, 2.24) is 5.32 Å². The highest BCUT2D eigenvalue weighted by molar-refractivity contribution is 6.39. The van der Waals surface area contributed by atoms with E-state index in [1.54, 1.807) is 0 Å². The fourth-order valence-electron chi connectivity index (χ4n) is 2.35. The van der Waals surface area contributed by atoms with Crippen LogP contribution < -0.4 is 15.4 Å². The predicted octanol–water partition coefficient (Wildman–Crippen LogP) is 3.00. The Labute approximate surface area is 146 Å². The fourth-order valence-corrected chi connectivity index (χ4v) is 2.35. The van der Waals surface area contributed by atoms with Crippen LogP contribution in [-0.4, -0.2) is 25.5 Å². The number of nitrogens with one attached hydrogen (secondary N) is 2. The smallest absolute Gasteiger partial charge is 0.313 e. The van der Waals surface area contributed by atoms with E-state index in [0.717, 1.165) is 17.2 Å². The van der Waals surface area contributed by atoms with Crippen LogP contribution in [0, 0.1) is 12.7 Å². The maximum atomic E-state index is 13.6. The zero-order valence-electron chi connectivity index (χ0n) is 14.4. The quantitative estimate of drug-likeness (QED) is 0.820. The van der Waals surface area contributed by atoms with Gasteiger partial charge < -0.3 is 15.4 Å². The molecule has 2 aromatic carbocycles. The van der Waals surface area contributed by atoms with Crippen LogP contribution in [0.4, 0.5) is 10.1 Å². The second-order valence-electron chi connectivity index (χ2n) is 5.83. The summed E-state index contributed by atoms with van der Waals surface area (Å²) < 4.78 is 18.4. The topological polar surface area (TPSA) is 67.4 Å².